The Hall–Kier alpha value is -3.14. The van der Waals surface area contributed by atoms with Crippen LogP contribution in [0.1, 0.15) is 0 Å². The van der Waals surface area contributed by atoms with Crippen molar-refractivity contribution in [1.82, 2.24) is 14.3 Å². The van der Waals surface area contributed by atoms with E-state index in [2.05, 4.69) is 4.98 Å². The molecule has 0 fully saturated rings. The number of imidazole rings is 1. The lowest BCUT2D eigenvalue weighted by atomic mass is 10.2. The number of pyridine rings is 1. The van der Waals surface area contributed by atoms with Crippen molar-refractivity contribution in [2.24, 2.45) is 0 Å². The minimum Gasteiger partial charge on any atom is -0.267 e. The van der Waals surface area contributed by atoms with E-state index < -0.39 is 0 Å². The average Bonchev–Trinajstić information content (AvgIpc) is 3.05. The number of nitrogens with zero attached hydrogens (tertiary/aromatic N) is 3. The van der Waals surface area contributed by atoms with Crippen molar-refractivity contribution in [2.75, 3.05) is 0 Å². The summed E-state index contributed by atoms with van der Waals surface area (Å²) >= 11 is 0. The van der Waals surface area contributed by atoms with E-state index in [9.17, 15) is 4.79 Å². The van der Waals surface area contributed by atoms with Crippen LogP contribution in [0.5, 0.6) is 0 Å². The molecule has 0 spiro atoms. The zero-order valence-corrected chi connectivity index (χ0v) is 11.8. The molecule has 2 aromatic heterocycles. The van der Waals surface area contributed by atoms with Crippen LogP contribution in [0, 0.1) is 0 Å². The number of hydrogen-bond acceptors (Lipinski definition) is 2. The van der Waals surface area contributed by atoms with Crippen LogP contribution in [-0.2, 0) is 0 Å². The molecule has 106 valence electrons. The van der Waals surface area contributed by atoms with Gasteiger partial charge in [0.05, 0.1) is 5.52 Å². The van der Waals surface area contributed by atoms with Crippen LogP contribution in [0.4, 0.5) is 0 Å². The fourth-order valence-electron chi connectivity index (χ4n) is 2.65. The predicted octanol–water partition coefficient (Wildman–Crippen LogP) is 3.18. The van der Waals surface area contributed by atoms with Gasteiger partial charge in [0, 0.05) is 29.4 Å². The number of fused-ring (bicyclic) bond motifs is 1. The van der Waals surface area contributed by atoms with Gasteiger partial charge in [-0.15, -0.1) is 0 Å². The third-order valence-electron chi connectivity index (χ3n) is 3.65. The molecule has 0 aliphatic heterocycles. The van der Waals surface area contributed by atoms with E-state index in [4.69, 9.17) is 0 Å². The highest BCUT2D eigenvalue weighted by atomic mass is 16.1. The molecule has 0 aliphatic carbocycles. The van der Waals surface area contributed by atoms with Gasteiger partial charge in [0.1, 0.15) is 0 Å². The van der Waals surface area contributed by atoms with Gasteiger partial charge in [-0.3, -0.25) is 4.79 Å². The van der Waals surface area contributed by atoms with Crippen LogP contribution < -0.4 is 5.56 Å². The second-order valence-corrected chi connectivity index (χ2v) is 5.00. The topological polar surface area (TPSA) is 39.8 Å². The molecular weight excluding hydrogens is 274 g/mol. The van der Waals surface area contributed by atoms with Gasteiger partial charge in [0.15, 0.2) is 5.82 Å². The molecule has 0 bridgehead atoms. The summed E-state index contributed by atoms with van der Waals surface area (Å²) in [6.07, 6.45) is 3.51. The Labute approximate surface area is 126 Å². The molecule has 0 unspecified atom stereocenters. The van der Waals surface area contributed by atoms with Crippen LogP contribution in [0.3, 0.4) is 0 Å². The molecule has 4 rings (SSSR count). The minimum atomic E-state index is -0.0890. The lowest BCUT2D eigenvalue weighted by Crippen LogP contribution is -2.25. The molecule has 0 saturated heterocycles. The number of aromatic nitrogens is 3. The Morgan fingerprint density at radius 3 is 2.45 bits per heavy atom. The molecule has 0 saturated carbocycles. The first-order chi connectivity index (χ1) is 10.8. The summed E-state index contributed by atoms with van der Waals surface area (Å²) in [5, 5.41) is 1.01. The maximum atomic E-state index is 12.4. The molecule has 2 heterocycles. The van der Waals surface area contributed by atoms with Crippen LogP contribution in [-0.4, -0.2) is 14.3 Å². The zero-order chi connectivity index (χ0) is 14.9. The van der Waals surface area contributed by atoms with Crippen LogP contribution in [0.15, 0.2) is 83.9 Å². The summed E-state index contributed by atoms with van der Waals surface area (Å²) in [4.78, 5) is 16.8. The number of para-hydroxylation sites is 1. The molecule has 0 atom stereocenters. The highest BCUT2D eigenvalue weighted by molar-refractivity contribution is 5.79. The molecule has 4 nitrogen and oxygen atoms in total. The molecule has 4 aromatic rings. The second kappa shape index (κ2) is 5.00. The van der Waals surface area contributed by atoms with Gasteiger partial charge in [-0.25, -0.2) is 14.3 Å². The SMILES string of the molecule is O=c1ccc2ccccc2n1-n1ccnc1-c1ccccc1. The van der Waals surface area contributed by atoms with E-state index >= 15 is 0 Å². The summed E-state index contributed by atoms with van der Waals surface area (Å²) < 4.78 is 3.44. The van der Waals surface area contributed by atoms with Crippen molar-refractivity contribution in [2.45, 2.75) is 0 Å². The summed E-state index contributed by atoms with van der Waals surface area (Å²) in [7, 11) is 0. The molecule has 0 aliphatic rings. The van der Waals surface area contributed by atoms with E-state index in [-0.39, 0.29) is 5.56 Å². The van der Waals surface area contributed by atoms with Crippen molar-refractivity contribution in [3.63, 3.8) is 0 Å². The fraction of sp³-hybridized carbons (Fsp3) is 0. The van der Waals surface area contributed by atoms with Crippen molar-refractivity contribution < 1.29 is 0 Å². The first-order valence-electron chi connectivity index (χ1n) is 7.05. The van der Waals surface area contributed by atoms with E-state index in [1.807, 2.05) is 60.7 Å². The second-order valence-electron chi connectivity index (χ2n) is 5.00. The fourth-order valence-corrected chi connectivity index (χ4v) is 2.65. The average molecular weight is 287 g/mol. The maximum Gasteiger partial charge on any atom is 0.270 e. The molecule has 0 radical (unpaired) electrons. The number of hydrogen-bond donors (Lipinski definition) is 0. The lowest BCUT2D eigenvalue weighted by Gasteiger charge is -2.13. The minimum absolute atomic E-state index is 0.0890. The van der Waals surface area contributed by atoms with Crippen LogP contribution in [0.2, 0.25) is 0 Å². The third kappa shape index (κ3) is 1.93. The molecule has 0 amide bonds. The lowest BCUT2D eigenvalue weighted by molar-refractivity contribution is 0.665. The third-order valence-corrected chi connectivity index (χ3v) is 3.65. The molecule has 22 heavy (non-hydrogen) atoms. The van der Waals surface area contributed by atoms with Crippen molar-refractivity contribution >= 4 is 10.9 Å². The highest BCUT2D eigenvalue weighted by Gasteiger charge is 2.10. The monoisotopic (exact) mass is 287 g/mol. The Balaban J connectivity index is 2.04. The normalized spacial score (nSPS) is 10.9. The first kappa shape index (κ1) is 12.6. The van der Waals surface area contributed by atoms with E-state index in [1.54, 1.807) is 27.8 Å². The molecular formula is C18H13N3O. The van der Waals surface area contributed by atoms with Crippen LogP contribution in [0.25, 0.3) is 22.3 Å². The number of rotatable bonds is 2. The molecule has 0 N–H and O–H groups in total. The molecule has 2 aromatic carbocycles. The van der Waals surface area contributed by atoms with E-state index in [0.717, 1.165) is 22.3 Å². The number of benzene rings is 2. The van der Waals surface area contributed by atoms with Gasteiger partial charge in [-0.05, 0) is 12.1 Å². The van der Waals surface area contributed by atoms with Gasteiger partial charge in [-0.1, -0.05) is 48.5 Å². The van der Waals surface area contributed by atoms with Crippen molar-refractivity contribution in [3.8, 4) is 11.4 Å². The van der Waals surface area contributed by atoms with Crippen molar-refractivity contribution in [1.29, 1.82) is 0 Å². The zero-order valence-electron chi connectivity index (χ0n) is 11.8. The van der Waals surface area contributed by atoms with Crippen molar-refractivity contribution in [3.05, 3.63) is 89.5 Å². The summed E-state index contributed by atoms with van der Waals surface area (Å²) in [6.45, 7) is 0. The maximum absolute atomic E-state index is 12.4. The first-order valence-corrected chi connectivity index (χ1v) is 7.05. The van der Waals surface area contributed by atoms with Gasteiger partial charge < -0.3 is 0 Å². The Morgan fingerprint density at radius 2 is 1.59 bits per heavy atom. The summed E-state index contributed by atoms with van der Waals surface area (Å²) in [5.74, 6) is 0.735. The largest absolute Gasteiger partial charge is 0.270 e. The smallest absolute Gasteiger partial charge is 0.267 e. The van der Waals surface area contributed by atoms with Gasteiger partial charge >= 0.3 is 0 Å². The standard InChI is InChI=1S/C18H13N3O/c22-17-11-10-14-6-4-5-9-16(14)21(17)20-13-12-19-18(20)15-7-2-1-3-8-15/h1-13H. The van der Waals surface area contributed by atoms with Crippen LogP contribution >= 0.6 is 0 Å². The molecule has 4 heteroatoms. The van der Waals surface area contributed by atoms with Gasteiger partial charge in [0.25, 0.3) is 5.56 Å². The Morgan fingerprint density at radius 1 is 0.818 bits per heavy atom. The van der Waals surface area contributed by atoms with E-state index in [0.29, 0.717) is 0 Å². The summed E-state index contributed by atoms with van der Waals surface area (Å²) in [6, 6.07) is 21.1. The summed E-state index contributed by atoms with van der Waals surface area (Å²) in [5.41, 5.74) is 1.73. The quantitative estimate of drug-likeness (QED) is 0.568. The Bertz CT molecular complexity index is 999. The highest BCUT2D eigenvalue weighted by Crippen LogP contribution is 2.19. The Kier molecular flexibility index (Phi) is 2.86. The van der Waals surface area contributed by atoms with Gasteiger partial charge in [0.2, 0.25) is 0 Å². The van der Waals surface area contributed by atoms with Gasteiger partial charge in [-0.2, -0.15) is 0 Å². The predicted molar refractivity (Wildman–Crippen MR) is 86.7 cm³/mol. The van der Waals surface area contributed by atoms with E-state index in [1.165, 1.54) is 0 Å².